The van der Waals surface area contributed by atoms with Gasteiger partial charge in [-0.05, 0) is 97.5 Å². The van der Waals surface area contributed by atoms with Crippen LogP contribution in [0.3, 0.4) is 0 Å². The first-order valence-corrected chi connectivity index (χ1v) is 23.0. The van der Waals surface area contributed by atoms with E-state index < -0.39 is 101 Å². The SMILES string of the molecule is C=C1CCO[C@@](O)([C@@H]2C[C@H]3OC(=O)[C@H](C)[C@@H]4CCC[C@@]5(CC[C@H](O5)[C@H](O)[C@@]5(C)CC(=O)[C@H](O5)[C@H]5C[C@]6(C)CC[C@](O5)(O6)[C@H]5CC[C@](C)(C[C@@H](C)/C=C(C)/C=C/[C@H]3O2)O5)O4)[C@@H]1O. The Morgan fingerprint density at radius 2 is 1.61 bits per heavy atom. The second-order valence-corrected chi connectivity index (χ2v) is 20.9. The van der Waals surface area contributed by atoms with Gasteiger partial charge in [-0.2, -0.15) is 0 Å². The molecule has 340 valence electrons. The average Bonchev–Trinajstić information content (AvgIpc) is 4.02. The topological polar surface area (TPSA) is 178 Å². The molecule has 0 aromatic carbocycles. The third-order valence-corrected chi connectivity index (χ3v) is 15.6. The van der Waals surface area contributed by atoms with Crippen LogP contribution in [0.5, 0.6) is 0 Å². The van der Waals surface area contributed by atoms with E-state index in [0.717, 1.165) is 37.7 Å². The highest BCUT2D eigenvalue weighted by molar-refractivity contribution is 5.86. The smallest absolute Gasteiger partial charge is 0.311 e. The number of rotatable bonds is 1. The van der Waals surface area contributed by atoms with Gasteiger partial charge in [0.15, 0.2) is 17.4 Å². The molecule has 2 spiro atoms. The van der Waals surface area contributed by atoms with Crippen LogP contribution < -0.4 is 0 Å². The van der Waals surface area contributed by atoms with Crippen molar-refractivity contribution in [2.45, 2.75) is 227 Å². The number of hydrogen-bond donors (Lipinski definition) is 3. The van der Waals surface area contributed by atoms with Crippen LogP contribution in [-0.4, -0.2) is 129 Å². The van der Waals surface area contributed by atoms with Gasteiger partial charge in [0.05, 0.1) is 42.0 Å². The van der Waals surface area contributed by atoms with Gasteiger partial charge in [0.1, 0.15) is 48.3 Å². The number of fused-ring (bicyclic) bond motifs is 10. The standard InChI is InChI=1S/C47H68O14/c1-26-10-11-32-34(22-37(54-32)47(52)39(49)28(3)14-20-53-47)55-41(51)29(4)31-9-8-15-45(56-31)17-12-33(57-45)40(50)44(7)24-30(48)38(60-44)35-25-43(6)18-19-46(58-35,61-43)36-13-16-42(5,59-36)23-27(2)21-26/h10-11,21,27,29,31-40,49-50,52H,3,8-9,12-20,22-25H2,1-2,4-7H3/b11-10+,26-21+/t27-,29+,31-,32+,33-,34+,35+,36+,37-,38-,39+,40-,42+,43-,44+,45+,46-,47-/m0/s1. The third kappa shape index (κ3) is 8.06. The first-order chi connectivity index (χ1) is 28.7. The highest BCUT2D eigenvalue weighted by Crippen LogP contribution is 2.55. The Morgan fingerprint density at radius 1 is 0.820 bits per heavy atom. The van der Waals surface area contributed by atoms with Crippen molar-refractivity contribution in [1.82, 2.24) is 0 Å². The number of hydrogen-bond acceptors (Lipinski definition) is 14. The van der Waals surface area contributed by atoms with Gasteiger partial charge in [-0.15, -0.1) is 0 Å². The molecule has 61 heavy (non-hydrogen) atoms. The maximum atomic E-state index is 14.0. The van der Waals surface area contributed by atoms with E-state index in [1.165, 1.54) is 0 Å². The van der Waals surface area contributed by atoms with Crippen LogP contribution in [0.25, 0.3) is 0 Å². The van der Waals surface area contributed by atoms with Gasteiger partial charge >= 0.3 is 5.97 Å². The Morgan fingerprint density at radius 3 is 2.41 bits per heavy atom. The molecule has 0 saturated carbocycles. The minimum atomic E-state index is -2.05. The fourth-order valence-electron chi connectivity index (χ4n) is 12.2. The number of esters is 1. The summed E-state index contributed by atoms with van der Waals surface area (Å²) in [6, 6.07) is 0. The number of aliphatic hydroxyl groups is 3. The van der Waals surface area contributed by atoms with E-state index in [1.807, 2.05) is 19.1 Å². The van der Waals surface area contributed by atoms with Crippen LogP contribution in [0, 0.1) is 11.8 Å². The molecule has 9 aliphatic rings. The van der Waals surface area contributed by atoms with Gasteiger partial charge in [-0.1, -0.05) is 37.3 Å². The molecule has 3 N–H and O–H groups in total. The molecule has 14 nitrogen and oxygen atoms in total. The maximum absolute atomic E-state index is 14.0. The Labute approximate surface area is 359 Å². The number of ketones is 1. The lowest BCUT2D eigenvalue weighted by Gasteiger charge is -2.47. The maximum Gasteiger partial charge on any atom is 0.311 e. The zero-order valence-corrected chi connectivity index (χ0v) is 36.8. The molecular formula is C47H68O14. The number of aliphatic hydroxyl groups excluding tert-OH is 2. The molecular weight excluding hydrogens is 789 g/mol. The van der Waals surface area contributed by atoms with Gasteiger partial charge in [-0.3, -0.25) is 9.59 Å². The Bertz CT molecular complexity index is 1800. The Hall–Kier alpha value is -2.08. The second kappa shape index (κ2) is 15.8. The highest BCUT2D eigenvalue weighted by atomic mass is 16.8. The van der Waals surface area contributed by atoms with Gasteiger partial charge in [0, 0.05) is 38.5 Å². The zero-order chi connectivity index (χ0) is 43.3. The van der Waals surface area contributed by atoms with Crippen LogP contribution in [0.15, 0.2) is 36.0 Å². The van der Waals surface area contributed by atoms with Crippen molar-refractivity contribution >= 4 is 11.8 Å². The lowest BCUT2D eigenvalue weighted by molar-refractivity contribution is -0.359. The minimum absolute atomic E-state index is 0.0180. The van der Waals surface area contributed by atoms with Crippen molar-refractivity contribution < 1.29 is 67.5 Å². The number of ether oxygens (including phenoxy) is 9. The quantitative estimate of drug-likeness (QED) is 0.232. The summed E-state index contributed by atoms with van der Waals surface area (Å²) in [6.45, 7) is 16.1. The third-order valence-electron chi connectivity index (χ3n) is 15.6. The van der Waals surface area contributed by atoms with E-state index in [0.29, 0.717) is 50.5 Å². The largest absolute Gasteiger partial charge is 0.459 e. The summed E-state index contributed by atoms with van der Waals surface area (Å²) in [4.78, 5) is 27.9. The van der Waals surface area contributed by atoms with Gasteiger partial charge in [-0.25, -0.2) is 0 Å². The molecule has 0 aromatic heterocycles. The fraction of sp³-hybridized carbons (Fsp3) is 0.830. The van der Waals surface area contributed by atoms with Gasteiger partial charge in [0.25, 0.3) is 0 Å². The van der Waals surface area contributed by atoms with Crippen LogP contribution in [0.1, 0.15) is 131 Å². The van der Waals surface area contributed by atoms with E-state index in [2.05, 4.69) is 33.4 Å². The summed E-state index contributed by atoms with van der Waals surface area (Å²) < 4.78 is 58.9. The summed E-state index contributed by atoms with van der Waals surface area (Å²) in [5.41, 5.74) is -0.752. The molecule has 9 aliphatic heterocycles. The van der Waals surface area contributed by atoms with Gasteiger partial charge in [0.2, 0.25) is 5.79 Å². The molecule has 18 atom stereocenters. The number of Topliss-reactive ketones (excluding diaryl/α,β-unsaturated/α-hetero) is 1. The lowest BCUT2D eigenvalue weighted by atomic mass is 9.88. The number of carbonyl (C=O) groups excluding carboxylic acids is 2. The molecule has 8 fully saturated rings. The Kier molecular flexibility index (Phi) is 11.4. The van der Waals surface area contributed by atoms with Crippen molar-refractivity contribution in [1.29, 1.82) is 0 Å². The van der Waals surface area contributed by atoms with Crippen LogP contribution >= 0.6 is 0 Å². The van der Waals surface area contributed by atoms with E-state index in [9.17, 15) is 24.9 Å². The lowest BCUT2D eigenvalue weighted by Crippen LogP contribution is -2.57. The Balaban J connectivity index is 1.00. The molecule has 8 saturated heterocycles. The summed E-state index contributed by atoms with van der Waals surface area (Å²) in [7, 11) is 0. The molecule has 0 aliphatic carbocycles. The molecule has 0 radical (unpaired) electrons. The van der Waals surface area contributed by atoms with E-state index in [4.69, 9.17) is 42.6 Å². The van der Waals surface area contributed by atoms with E-state index in [1.54, 1.807) is 13.8 Å². The summed E-state index contributed by atoms with van der Waals surface area (Å²) in [5, 5.41) is 34.6. The van der Waals surface area contributed by atoms with Crippen molar-refractivity contribution in [2.24, 2.45) is 11.8 Å². The average molecular weight is 857 g/mol. The molecule has 9 rings (SSSR count). The highest BCUT2D eigenvalue weighted by Gasteiger charge is 2.65. The predicted octanol–water partition coefficient (Wildman–Crippen LogP) is 5.17. The molecule has 0 aromatic rings. The normalized spacial score (nSPS) is 54.5. The van der Waals surface area contributed by atoms with Crippen molar-refractivity contribution in [2.75, 3.05) is 6.61 Å². The monoisotopic (exact) mass is 856 g/mol. The molecule has 14 heteroatoms. The second-order valence-electron chi connectivity index (χ2n) is 20.9. The minimum Gasteiger partial charge on any atom is -0.459 e. The van der Waals surface area contributed by atoms with Crippen molar-refractivity contribution in [3.8, 4) is 0 Å². The van der Waals surface area contributed by atoms with E-state index >= 15 is 0 Å². The fourth-order valence-corrected chi connectivity index (χ4v) is 12.2. The van der Waals surface area contributed by atoms with E-state index in [-0.39, 0.29) is 37.3 Å². The number of allylic oxidation sites excluding steroid dienone is 3. The number of carbonyl (C=O) groups is 2. The van der Waals surface area contributed by atoms with Gasteiger partial charge < -0.3 is 58.0 Å². The summed E-state index contributed by atoms with van der Waals surface area (Å²) in [6.07, 6.45) is 5.65. The molecule has 0 amide bonds. The molecule has 0 unspecified atom stereocenters. The van der Waals surface area contributed by atoms with Crippen LogP contribution in [0.4, 0.5) is 0 Å². The van der Waals surface area contributed by atoms with Crippen molar-refractivity contribution in [3.05, 3.63) is 36.0 Å². The zero-order valence-electron chi connectivity index (χ0n) is 36.8. The summed E-state index contributed by atoms with van der Waals surface area (Å²) >= 11 is 0. The summed E-state index contributed by atoms with van der Waals surface area (Å²) in [5.74, 6) is -5.22. The first-order valence-electron chi connectivity index (χ1n) is 23.0. The molecule has 10 bridgehead atoms. The first kappa shape index (κ1) is 44.1. The van der Waals surface area contributed by atoms with Crippen LogP contribution in [0.2, 0.25) is 0 Å². The molecule has 9 heterocycles. The predicted molar refractivity (Wildman–Crippen MR) is 218 cm³/mol. The van der Waals surface area contributed by atoms with Crippen molar-refractivity contribution in [3.63, 3.8) is 0 Å². The van der Waals surface area contributed by atoms with Crippen LogP contribution in [-0.2, 0) is 52.2 Å².